The average Bonchev–Trinajstić information content (AvgIpc) is 3.08. The summed E-state index contributed by atoms with van der Waals surface area (Å²) in [5.41, 5.74) is 2.95. The van der Waals surface area contributed by atoms with E-state index in [1.54, 1.807) is 43.3 Å². The summed E-state index contributed by atoms with van der Waals surface area (Å²) in [4.78, 5) is 25.2. The van der Waals surface area contributed by atoms with Gasteiger partial charge in [0.05, 0.1) is 17.0 Å². The van der Waals surface area contributed by atoms with E-state index in [0.29, 0.717) is 39.0 Å². The molecule has 1 heterocycles. The van der Waals surface area contributed by atoms with E-state index in [9.17, 15) is 9.59 Å². The topological polar surface area (TPSA) is 71.0 Å². The van der Waals surface area contributed by atoms with E-state index in [4.69, 9.17) is 16.3 Å². The first-order valence-electron chi connectivity index (χ1n) is 9.95. The van der Waals surface area contributed by atoms with Crippen LogP contribution in [-0.2, 0) is 9.59 Å². The summed E-state index contributed by atoms with van der Waals surface area (Å²) in [6, 6.07) is 23.4. The summed E-state index contributed by atoms with van der Waals surface area (Å²) in [5, 5.41) is 9.00. The lowest BCUT2D eigenvalue weighted by molar-refractivity contribution is -0.118. The Kier molecular flexibility index (Phi) is 6.33. The number of rotatable bonds is 6. The molecule has 0 saturated carbocycles. The molecule has 160 valence electrons. The van der Waals surface area contributed by atoms with Crippen LogP contribution in [0, 0.1) is 0 Å². The Bertz CT molecular complexity index is 1210. The molecule has 4 rings (SSSR count). The van der Waals surface area contributed by atoms with E-state index < -0.39 is 0 Å². The molecule has 32 heavy (non-hydrogen) atoms. The van der Waals surface area contributed by atoms with Crippen molar-refractivity contribution >= 4 is 46.6 Å². The van der Waals surface area contributed by atoms with E-state index >= 15 is 0 Å². The van der Waals surface area contributed by atoms with Gasteiger partial charge in [0.25, 0.3) is 11.8 Å². The second kappa shape index (κ2) is 9.49. The smallest absolute Gasteiger partial charge is 0.280 e. The third-order valence-electron chi connectivity index (χ3n) is 4.75. The first-order valence-corrected chi connectivity index (χ1v) is 10.3. The van der Waals surface area contributed by atoms with Gasteiger partial charge < -0.3 is 10.1 Å². The zero-order valence-corrected chi connectivity index (χ0v) is 18.0. The predicted molar refractivity (Wildman–Crippen MR) is 127 cm³/mol. The molecule has 0 fully saturated rings. The Hall–Kier alpha value is -3.90. The van der Waals surface area contributed by atoms with Crippen LogP contribution in [0.2, 0.25) is 5.02 Å². The second-order valence-corrected chi connectivity index (χ2v) is 7.52. The third-order valence-corrected chi connectivity index (χ3v) is 4.99. The van der Waals surface area contributed by atoms with Crippen molar-refractivity contribution < 1.29 is 14.3 Å². The molecule has 0 spiro atoms. The molecule has 0 saturated heterocycles. The Balaban J connectivity index is 1.53. The van der Waals surface area contributed by atoms with Crippen LogP contribution in [0.1, 0.15) is 12.5 Å². The third kappa shape index (κ3) is 4.87. The SMILES string of the molecule is CC1=NN(c2ccccc2)C(=O)/C1=C/c1cc(Cl)ccc1OCC(=O)Nc1ccccc1. The van der Waals surface area contributed by atoms with E-state index in [-0.39, 0.29) is 18.4 Å². The number of hydrogen-bond donors (Lipinski definition) is 1. The van der Waals surface area contributed by atoms with E-state index in [2.05, 4.69) is 10.4 Å². The van der Waals surface area contributed by atoms with Crippen molar-refractivity contribution in [3.05, 3.63) is 95.0 Å². The molecule has 0 radical (unpaired) electrons. The van der Waals surface area contributed by atoms with Crippen LogP contribution in [0.25, 0.3) is 6.08 Å². The summed E-state index contributed by atoms with van der Waals surface area (Å²) in [5.74, 6) is -0.111. The van der Waals surface area contributed by atoms with Gasteiger partial charge in [-0.2, -0.15) is 10.1 Å². The molecule has 2 amide bonds. The molecule has 3 aromatic rings. The van der Waals surface area contributed by atoms with Crippen molar-refractivity contribution in [2.75, 3.05) is 16.9 Å². The molecule has 6 nitrogen and oxygen atoms in total. The summed E-state index contributed by atoms with van der Waals surface area (Å²) >= 11 is 6.18. The van der Waals surface area contributed by atoms with Crippen LogP contribution < -0.4 is 15.1 Å². The zero-order valence-electron chi connectivity index (χ0n) is 17.3. The van der Waals surface area contributed by atoms with Crippen molar-refractivity contribution in [3.63, 3.8) is 0 Å². The van der Waals surface area contributed by atoms with Gasteiger partial charge in [0.2, 0.25) is 0 Å². The number of nitrogens with one attached hydrogen (secondary N) is 1. The number of para-hydroxylation sites is 2. The van der Waals surface area contributed by atoms with Crippen LogP contribution in [0.15, 0.2) is 89.5 Å². The van der Waals surface area contributed by atoms with Crippen LogP contribution in [0.5, 0.6) is 5.75 Å². The molecule has 0 aromatic heterocycles. The molecular weight excluding hydrogens is 426 g/mol. The number of amides is 2. The van der Waals surface area contributed by atoms with Gasteiger partial charge in [0.15, 0.2) is 6.61 Å². The standard InChI is InChI=1S/C25H20ClN3O3/c1-17-22(25(31)29(28-17)21-10-6-3-7-11-21)15-18-14-19(26)12-13-23(18)32-16-24(30)27-20-8-4-2-5-9-20/h2-15H,16H2,1H3,(H,27,30)/b22-15+. The van der Waals surface area contributed by atoms with Gasteiger partial charge in [0, 0.05) is 16.3 Å². The zero-order chi connectivity index (χ0) is 22.5. The van der Waals surface area contributed by atoms with Crippen LogP contribution >= 0.6 is 11.6 Å². The van der Waals surface area contributed by atoms with Gasteiger partial charge >= 0.3 is 0 Å². The fraction of sp³-hybridized carbons (Fsp3) is 0.0800. The molecule has 7 heteroatoms. The number of ether oxygens (including phenoxy) is 1. The fourth-order valence-corrected chi connectivity index (χ4v) is 3.39. The summed E-state index contributed by atoms with van der Waals surface area (Å²) in [6.07, 6.45) is 1.68. The van der Waals surface area contributed by atoms with Crippen LogP contribution in [0.4, 0.5) is 11.4 Å². The molecule has 3 aromatic carbocycles. The number of anilines is 2. The average molecular weight is 446 g/mol. The van der Waals surface area contributed by atoms with Crippen LogP contribution in [0.3, 0.4) is 0 Å². The van der Waals surface area contributed by atoms with Gasteiger partial charge in [-0.05, 0) is 55.5 Å². The predicted octanol–water partition coefficient (Wildman–Crippen LogP) is 5.16. The lowest BCUT2D eigenvalue weighted by Crippen LogP contribution is -2.21. The number of hydrogen-bond acceptors (Lipinski definition) is 4. The minimum atomic E-state index is -0.297. The highest BCUT2D eigenvalue weighted by atomic mass is 35.5. The van der Waals surface area contributed by atoms with Gasteiger partial charge in [-0.3, -0.25) is 9.59 Å². The highest BCUT2D eigenvalue weighted by molar-refractivity contribution is 6.33. The summed E-state index contributed by atoms with van der Waals surface area (Å²) in [6.45, 7) is 1.58. The minimum absolute atomic E-state index is 0.191. The molecule has 0 atom stereocenters. The fourth-order valence-electron chi connectivity index (χ4n) is 3.21. The number of halogens is 1. The first kappa shape index (κ1) is 21.3. The second-order valence-electron chi connectivity index (χ2n) is 7.08. The maximum atomic E-state index is 13.0. The Morgan fingerprint density at radius 1 is 1.06 bits per heavy atom. The molecule has 0 aliphatic carbocycles. The molecule has 0 unspecified atom stereocenters. The quantitative estimate of drug-likeness (QED) is 0.532. The van der Waals surface area contributed by atoms with Gasteiger partial charge in [-0.15, -0.1) is 0 Å². The first-order chi connectivity index (χ1) is 15.5. The molecule has 0 bridgehead atoms. The van der Waals surface area contributed by atoms with Gasteiger partial charge in [-0.1, -0.05) is 48.0 Å². The van der Waals surface area contributed by atoms with Gasteiger partial charge in [0.1, 0.15) is 5.75 Å². The van der Waals surface area contributed by atoms with Gasteiger partial charge in [-0.25, -0.2) is 0 Å². The Morgan fingerprint density at radius 3 is 2.47 bits per heavy atom. The monoisotopic (exact) mass is 445 g/mol. The Morgan fingerprint density at radius 2 is 1.75 bits per heavy atom. The number of carbonyl (C=O) groups excluding carboxylic acids is 2. The molecule has 1 aliphatic rings. The number of nitrogens with zero attached hydrogens (tertiary/aromatic N) is 2. The van der Waals surface area contributed by atoms with Crippen molar-refractivity contribution in [2.24, 2.45) is 5.10 Å². The van der Waals surface area contributed by atoms with E-state index in [0.717, 1.165) is 0 Å². The normalized spacial score (nSPS) is 14.4. The largest absolute Gasteiger partial charge is 0.483 e. The van der Waals surface area contributed by atoms with Crippen molar-refractivity contribution in [1.29, 1.82) is 0 Å². The minimum Gasteiger partial charge on any atom is -0.483 e. The van der Waals surface area contributed by atoms with Crippen molar-refractivity contribution in [2.45, 2.75) is 6.92 Å². The highest BCUT2D eigenvalue weighted by Crippen LogP contribution is 2.29. The highest BCUT2D eigenvalue weighted by Gasteiger charge is 2.29. The van der Waals surface area contributed by atoms with Crippen molar-refractivity contribution in [3.8, 4) is 5.75 Å². The lowest BCUT2D eigenvalue weighted by Gasteiger charge is -2.12. The lowest BCUT2D eigenvalue weighted by atomic mass is 10.1. The van der Waals surface area contributed by atoms with E-state index in [1.807, 2.05) is 48.5 Å². The van der Waals surface area contributed by atoms with Crippen LogP contribution in [-0.4, -0.2) is 24.1 Å². The Labute approximate surface area is 190 Å². The maximum absolute atomic E-state index is 13.0. The number of hydrazone groups is 1. The summed E-state index contributed by atoms with van der Waals surface area (Å²) < 4.78 is 5.74. The molecular formula is C25H20ClN3O3. The maximum Gasteiger partial charge on any atom is 0.280 e. The molecule has 1 aliphatic heterocycles. The number of benzene rings is 3. The number of carbonyl (C=O) groups is 2. The van der Waals surface area contributed by atoms with E-state index in [1.165, 1.54) is 5.01 Å². The van der Waals surface area contributed by atoms with Crippen molar-refractivity contribution in [1.82, 2.24) is 0 Å². The molecule has 1 N–H and O–H groups in total. The summed E-state index contributed by atoms with van der Waals surface area (Å²) in [7, 11) is 0.